The maximum atomic E-state index is 12.2. The van der Waals surface area contributed by atoms with Crippen LogP contribution in [0.15, 0.2) is 60.7 Å². The average molecular weight is 297 g/mol. The molecule has 4 heteroatoms. The highest BCUT2D eigenvalue weighted by Gasteiger charge is 2.48. The van der Waals surface area contributed by atoms with Crippen molar-refractivity contribution >= 4 is 5.91 Å². The van der Waals surface area contributed by atoms with Crippen molar-refractivity contribution in [2.45, 2.75) is 24.2 Å². The molecule has 0 radical (unpaired) electrons. The molecule has 1 fully saturated rings. The molecule has 4 atom stereocenters. The zero-order valence-corrected chi connectivity index (χ0v) is 12.3. The molecule has 2 aromatic rings. The lowest BCUT2D eigenvalue weighted by atomic mass is 9.79. The molecule has 1 heterocycles. The Kier molecular flexibility index (Phi) is 4.22. The molecule has 4 nitrogen and oxygen atoms in total. The van der Waals surface area contributed by atoms with Crippen molar-refractivity contribution in [3.8, 4) is 0 Å². The van der Waals surface area contributed by atoms with E-state index >= 15 is 0 Å². The van der Waals surface area contributed by atoms with Gasteiger partial charge in [0.25, 0.3) is 0 Å². The van der Waals surface area contributed by atoms with Crippen molar-refractivity contribution < 1.29 is 14.6 Å². The molecule has 114 valence electrons. The van der Waals surface area contributed by atoms with E-state index in [1.165, 1.54) is 0 Å². The Balaban J connectivity index is 2.05. The number of benzene rings is 2. The highest BCUT2D eigenvalue weighted by molar-refractivity contribution is 5.82. The standard InChI is InChI=1S/C18H19NO3/c1-19-17(20)16-14(12-8-4-2-5-9-12)15(18(21)22-16)13-10-6-3-7-11-13/h2-11,14-16,18,21H,1H3,(H,19,20)/t14-,15+,16+,18+/m1/s1. The number of carbonyl (C=O) groups excluding carboxylic acids is 1. The molecular formula is C18H19NO3. The Morgan fingerprint density at radius 1 is 0.955 bits per heavy atom. The number of hydrogen-bond donors (Lipinski definition) is 2. The second kappa shape index (κ2) is 6.30. The van der Waals surface area contributed by atoms with Crippen LogP contribution in [0.3, 0.4) is 0 Å². The average Bonchev–Trinajstić information content (AvgIpc) is 2.93. The number of aliphatic hydroxyl groups is 1. The molecule has 1 saturated heterocycles. The zero-order chi connectivity index (χ0) is 15.5. The summed E-state index contributed by atoms with van der Waals surface area (Å²) in [7, 11) is 1.58. The van der Waals surface area contributed by atoms with Crippen LogP contribution in [0.4, 0.5) is 0 Å². The Labute approximate surface area is 129 Å². The number of rotatable bonds is 3. The van der Waals surface area contributed by atoms with E-state index in [2.05, 4.69) is 5.32 Å². The topological polar surface area (TPSA) is 58.6 Å². The van der Waals surface area contributed by atoms with Crippen LogP contribution >= 0.6 is 0 Å². The number of likely N-dealkylation sites (N-methyl/N-ethyl adjacent to an activating group) is 1. The maximum Gasteiger partial charge on any atom is 0.249 e. The van der Waals surface area contributed by atoms with Gasteiger partial charge in [-0.25, -0.2) is 0 Å². The smallest absolute Gasteiger partial charge is 0.249 e. The van der Waals surface area contributed by atoms with E-state index < -0.39 is 12.4 Å². The van der Waals surface area contributed by atoms with Crippen molar-refractivity contribution in [3.63, 3.8) is 0 Å². The van der Waals surface area contributed by atoms with Gasteiger partial charge in [-0.15, -0.1) is 0 Å². The van der Waals surface area contributed by atoms with Gasteiger partial charge in [0, 0.05) is 18.9 Å². The number of carbonyl (C=O) groups is 1. The SMILES string of the molecule is CNC(=O)[C@H]1O[C@H](O)[C@@H](c2ccccc2)[C@H]1c1ccccc1. The van der Waals surface area contributed by atoms with Gasteiger partial charge in [-0.1, -0.05) is 60.7 Å². The first-order valence-corrected chi connectivity index (χ1v) is 7.37. The van der Waals surface area contributed by atoms with Crippen LogP contribution in [0.1, 0.15) is 23.0 Å². The second-order valence-corrected chi connectivity index (χ2v) is 5.43. The number of ether oxygens (including phenoxy) is 1. The number of aliphatic hydroxyl groups excluding tert-OH is 1. The summed E-state index contributed by atoms with van der Waals surface area (Å²) in [6, 6.07) is 19.4. The summed E-state index contributed by atoms with van der Waals surface area (Å²) >= 11 is 0. The van der Waals surface area contributed by atoms with E-state index in [-0.39, 0.29) is 17.7 Å². The monoisotopic (exact) mass is 297 g/mol. The van der Waals surface area contributed by atoms with Crippen molar-refractivity contribution in [1.29, 1.82) is 0 Å². The minimum Gasteiger partial charge on any atom is -0.367 e. The summed E-state index contributed by atoms with van der Waals surface area (Å²) in [6.45, 7) is 0. The van der Waals surface area contributed by atoms with Gasteiger partial charge in [-0.05, 0) is 11.1 Å². The Morgan fingerprint density at radius 3 is 1.95 bits per heavy atom. The molecule has 0 unspecified atom stereocenters. The highest BCUT2D eigenvalue weighted by atomic mass is 16.6. The molecule has 0 aromatic heterocycles. The third kappa shape index (κ3) is 2.63. The van der Waals surface area contributed by atoms with Crippen LogP contribution in [0.5, 0.6) is 0 Å². The molecule has 1 aliphatic heterocycles. The van der Waals surface area contributed by atoms with Gasteiger partial charge in [0.05, 0.1) is 0 Å². The quantitative estimate of drug-likeness (QED) is 0.911. The summed E-state index contributed by atoms with van der Waals surface area (Å²) in [5.41, 5.74) is 1.96. The third-order valence-corrected chi connectivity index (χ3v) is 4.18. The second-order valence-electron chi connectivity index (χ2n) is 5.43. The number of nitrogens with one attached hydrogen (secondary N) is 1. The summed E-state index contributed by atoms with van der Waals surface area (Å²) < 4.78 is 5.59. The zero-order valence-electron chi connectivity index (χ0n) is 12.3. The van der Waals surface area contributed by atoms with Gasteiger partial charge >= 0.3 is 0 Å². The van der Waals surface area contributed by atoms with Gasteiger partial charge in [0.1, 0.15) is 6.10 Å². The molecule has 1 aliphatic rings. The van der Waals surface area contributed by atoms with Crippen LogP contribution in [0.25, 0.3) is 0 Å². The first kappa shape index (κ1) is 14.8. The first-order chi connectivity index (χ1) is 10.7. The number of amides is 1. The lowest BCUT2D eigenvalue weighted by Gasteiger charge is -2.23. The van der Waals surface area contributed by atoms with E-state index in [0.29, 0.717) is 0 Å². The van der Waals surface area contributed by atoms with E-state index in [1.807, 2.05) is 60.7 Å². The van der Waals surface area contributed by atoms with Gasteiger partial charge < -0.3 is 15.2 Å². The normalized spacial score (nSPS) is 27.5. The minimum atomic E-state index is -1.00. The van der Waals surface area contributed by atoms with Gasteiger partial charge in [-0.2, -0.15) is 0 Å². The Hall–Kier alpha value is -2.17. The predicted octanol–water partition coefficient (Wildman–Crippen LogP) is 2.02. The Morgan fingerprint density at radius 2 is 1.45 bits per heavy atom. The van der Waals surface area contributed by atoms with Crippen LogP contribution in [0, 0.1) is 0 Å². The van der Waals surface area contributed by atoms with Crippen LogP contribution in [-0.4, -0.2) is 30.5 Å². The molecule has 22 heavy (non-hydrogen) atoms. The molecular weight excluding hydrogens is 278 g/mol. The predicted molar refractivity (Wildman–Crippen MR) is 83.3 cm³/mol. The van der Waals surface area contributed by atoms with Gasteiger partial charge in [0.2, 0.25) is 5.91 Å². The Bertz CT molecular complexity index is 629. The van der Waals surface area contributed by atoms with Crippen LogP contribution < -0.4 is 5.32 Å². The van der Waals surface area contributed by atoms with Crippen molar-refractivity contribution in [2.24, 2.45) is 0 Å². The molecule has 0 saturated carbocycles. The minimum absolute atomic E-state index is 0.216. The molecule has 0 aliphatic carbocycles. The number of hydrogen-bond acceptors (Lipinski definition) is 3. The van der Waals surface area contributed by atoms with Crippen LogP contribution in [0.2, 0.25) is 0 Å². The summed E-state index contributed by atoms with van der Waals surface area (Å²) in [5, 5.41) is 13.0. The summed E-state index contributed by atoms with van der Waals surface area (Å²) in [5.74, 6) is -0.712. The van der Waals surface area contributed by atoms with Crippen molar-refractivity contribution in [1.82, 2.24) is 5.32 Å². The third-order valence-electron chi connectivity index (χ3n) is 4.18. The largest absolute Gasteiger partial charge is 0.367 e. The lowest BCUT2D eigenvalue weighted by molar-refractivity contribution is -0.143. The molecule has 2 aromatic carbocycles. The summed E-state index contributed by atoms with van der Waals surface area (Å²) in [4.78, 5) is 12.2. The first-order valence-electron chi connectivity index (χ1n) is 7.37. The highest BCUT2D eigenvalue weighted by Crippen LogP contribution is 2.45. The molecule has 0 bridgehead atoms. The van der Waals surface area contributed by atoms with Crippen molar-refractivity contribution in [3.05, 3.63) is 71.8 Å². The van der Waals surface area contributed by atoms with Gasteiger partial charge in [0.15, 0.2) is 6.29 Å². The molecule has 1 amide bonds. The fourth-order valence-electron chi connectivity index (χ4n) is 3.16. The lowest BCUT2D eigenvalue weighted by Crippen LogP contribution is -2.35. The molecule has 3 rings (SSSR count). The summed E-state index contributed by atoms with van der Waals surface area (Å²) in [6.07, 6.45) is -1.71. The van der Waals surface area contributed by atoms with E-state index in [9.17, 15) is 9.90 Å². The maximum absolute atomic E-state index is 12.2. The van der Waals surface area contributed by atoms with Crippen LogP contribution in [-0.2, 0) is 9.53 Å². The molecule has 0 spiro atoms. The van der Waals surface area contributed by atoms with E-state index in [1.54, 1.807) is 7.05 Å². The molecule has 2 N–H and O–H groups in total. The van der Waals surface area contributed by atoms with Gasteiger partial charge in [-0.3, -0.25) is 4.79 Å². The van der Waals surface area contributed by atoms with E-state index in [4.69, 9.17) is 4.74 Å². The van der Waals surface area contributed by atoms with Crippen molar-refractivity contribution in [2.75, 3.05) is 7.05 Å². The fourth-order valence-corrected chi connectivity index (χ4v) is 3.16. The van der Waals surface area contributed by atoms with E-state index in [0.717, 1.165) is 11.1 Å². The fraction of sp³-hybridized carbons (Fsp3) is 0.278.